The lowest BCUT2D eigenvalue weighted by atomic mass is 9.90. The Balaban J connectivity index is 1.93. The van der Waals surface area contributed by atoms with Gasteiger partial charge in [-0.15, -0.1) is 0 Å². The number of halogens is 1. The summed E-state index contributed by atoms with van der Waals surface area (Å²) in [4.78, 5) is 0. The van der Waals surface area contributed by atoms with Gasteiger partial charge < -0.3 is 9.84 Å². The molecule has 3 heteroatoms. The Morgan fingerprint density at radius 3 is 2.81 bits per heavy atom. The summed E-state index contributed by atoms with van der Waals surface area (Å²) in [6.07, 6.45) is 1.95. The summed E-state index contributed by atoms with van der Waals surface area (Å²) in [5.74, 6) is 0.0497. The van der Waals surface area contributed by atoms with Crippen molar-refractivity contribution in [2.75, 3.05) is 13.2 Å². The lowest BCUT2D eigenvalue weighted by Gasteiger charge is -2.26. The Morgan fingerprint density at radius 1 is 1.38 bits per heavy atom. The lowest BCUT2D eigenvalue weighted by molar-refractivity contribution is 0.00838. The summed E-state index contributed by atoms with van der Waals surface area (Å²) in [6.45, 7) is 1.45. The Morgan fingerprint density at radius 2 is 2.12 bits per heavy atom. The van der Waals surface area contributed by atoms with Crippen LogP contribution in [0.15, 0.2) is 24.3 Å². The third-order valence-corrected chi connectivity index (χ3v) is 3.14. The zero-order chi connectivity index (χ0) is 11.4. The van der Waals surface area contributed by atoms with Crippen molar-refractivity contribution in [3.63, 3.8) is 0 Å². The molecule has 0 saturated carbocycles. The smallest absolute Gasteiger partial charge is 0.123 e. The monoisotopic (exact) mass is 224 g/mol. The van der Waals surface area contributed by atoms with Gasteiger partial charge in [0.2, 0.25) is 0 Å². The van der Waals surface area contributed by atoms with E-state index in [9.17, 15) is 9.50 Å². The molecule has 2 rings (SSSR count). The number of aliphatic hydroxyl groups excluding tert-OH is 1. The molecule has 88 valence electrons. The van der Waals surface area contributed by atoms with Gasteiger partial charge in [0.05, 0.1) is 6.10 Å². The van der Waals surface area contributed by atoms with E-state index in [1.54, 1.807) is 6.07 Å². The van der Waals surface area contributed by atoms with Crippen molar-refractivity contribution in [1.29, 1.82) is 0 Å². The molecule has 1 aromatic rings. The molecular formula is C13H17FO2. The highest BCUT2D eigenvalue weighted by molar-refractivity contribution is 5.17. The highest BCUT2D eigenvalue weighted by atomic mass is 19.1. The minimum Gasteiger partial charge on any atom is -0.392 e. The van der Waals surface area contributed by atoms with Crippen LogP contribution < -0.4 is 0 Å². The molecule has 0 amide bonds. The van der Waals surface area contributed by atoms with Crippen molar-refractivity contribution in [3.05, 3.63) is 35.6 Å². The molecule has 1 atom stereocenters. The van der Waals surface area contributed by atoms with E-state index in [1.165, 1.54) is 12.1 Å². The molecular weight excluding hydrogens is 207 g/mol. The fourth-order valence-corrected chi connectivity index (χ4v) is 2.17. The van der Waals surface area contributed by atoms with Gasteiger partial charge in [0.1, 0.15) is 5.82 Å². The van der Waals surface area contributed by atoms with Crippen LogP contribution in [0.3, 0.4) is 0 Å². The normalized spacial score (nSPS) is 19.6. The first-order valence-electron chi connectivity index (χ1n) is 5.76. The number of hydrogen-bond acceptors (Lipinski definition) is 2. The fourth-order valence-electron chi connectivity index (χ4n) is 2.17. The van der Waals surface area contributed by atoms with Gasteiger partial charge in [0, 0.05) is 13.2 Å². The second-order valence-electron chi connectivity index (χ2n) is 4.35. The van der Waals surface area contributed by atoms with E-state index in [4.69, 9.17) is 4.74 Å². The van der Waals surface area contributed by atoms with Gasteiger partial charge in [-0.2, -0.15) is 0 Å². The van der Waals surface area contributed by atoms with Gasteiger partial charge in [-0.1, -0.05) is 12.1 Å². The van der Waals surface area contributed by atoms with Crippen LogP contribution in [-0.2, 0) is 11.2 Å². The van der Waals surface area contributed by atoms with Crippen LogP contribution in [0.4, 0.5) is 4.39 Å². The van der Waals surface area contributed by atoms with E-state index < -0.39 is 0 Å². The van der Waals surface area contributed by atoms with Gasteiger partial charge in [-0.05, 0) is 42.9 Å². The van der Waals surface area contributed by atoms with Crippen molar-refractivity contribution in [1.82, 2.24) is 0 Å². The summed E-state index contributed by atoms with van der Waals surface area (Å²) >= 11 is 0. The zero-order valence-electron chi connectivity index (χ0n) is 9.23. The van der Waals surface area contributed by atoms with Crippen LogP contribution in [0.1, 0.15) is 18.4 Å². The minimum absolute atomic E-state index is 0.239. The predicted molar refractivity (Wildman–Crippen MR) is 59.7 cm³/mol. The number of hydrogen-bond donors (Lipinski definition) is 1. The molecule has 1 fully saturated rings. The zero-order valence-corrected chi connectivity index (χ0v) is 9.23. The van der Waals surface area contributed by atoms with E-state index >= 15 is 0 Å². The second-order valence-corrected chi connectivity index (χ2v) is 4.35. The summed E-state index contributed by atoms with van der Waals surface area (Å²) in [5.41, 5.74) is 0.860. The van der Waals surface area contributed by atoms with Crippen LogP contribution in [-0.4, -0.2) is 24.4 Å². The van der Waals surface area contributed by atoms with Gasteiger partial charge >= 0.3 is 0 Å². The van der Waals surface area contributed by atoms with E-state index in [-0.39, 0.29) is 17.8 Å². The molecule has 0 aliphatic carbocycles. The number of rotatable bonds is 3. The second kappa shape index (κ2) is 5.41. The van der Waals surface area contributed by atoms with E-state index in [0.29, 0.717) is 6.42 Å². The lowest BCUT2D eigenvalue weighted by Crippen LogP contribution is -2.28. The summed E-state index contributed by atoms with van der Waals surface area (Å²) < 4.78 is 18.2. The topological polar surface area (TPSA) is 29.5 Å². The SMILES string of the molecule is OC(Cc1cccc(F)c1)C1CCOCC1. The molecule has 1 aliphatic rings. The first-order valence-corrected chi connectivity index (χ1v) is 5.76. The summed E-state index contributed by atoms with van der Waals surface area (Å²) in [7, 11) is 0. The van der Waals surface area contributed by atoms with E-state index in [0.717, 1.165) is 31.6 Å². The molecule has 0 aromatic heterocycles. The summed E-state index contributed by atoms with van der Waals surface area (Å²) in [5, 5.41) is 10.0. The molecule has 0 radical (unpaired) electrons. The maximum absolute atomic E-state index is 13.0. The van der Waals surface area contributed by atoms with Gasteiger partial charge in [-0.25, -0.2) is 4.39 Å². The molecule has 2 nitrogen and oxygen atoms in total. The Bertz CT molecular complexity index is 334. The number of aliphatic hydroxyl groups is 1. The Labute approximate surface area is 95.1 Å². The molecule has 1 saturated heterocycles. The molecule has 1 aromatic carbocycles. The van der Waals surface area contributed by atoms with Crippen molar-refractivity contribution in [2.24, 2.45) is 5.92 Å². The van der Waals surface area contributed by atoms with Gasteiger partial charge in [-0.3, -0.25) is 0 Å². The first-order chi connectivity index (χ1) is 7.75. The molecule has 1 aliphatic heterocycles. The average Bonchev–Trinajstić information content (AvgIpc) is 2.30. The van der Waals surface area contributed by atoms with Crippen LogP contribution in [0.5, 0.6) is 0 Å². The molecule has 1 heterocycles. The van der Waals surface area contributed by atoms with Crippen LogP contribution in [0.25, 0.3) is 0 Å². The van der Waals surface area contributed by atoms with Crippen molar-refractivity contribution < 1.29 is 14.2 Å². The largest absolute Gasteiger partial charge is 0.392 e. The fraction of sp³-hybridized carbons (Fsp3) is 0.538. The maximum Gasteiger partial charge on any atom is 0.123 e. The average molecular weight is 224 g/mol. The number of ether oxygens (including phenoxy) is 1. The number of benzene rings is 1. The molecule has 1 unspecified atom stereocenters. The molecule has 0 bridgehead atoms. The standard InChI is InChI=1S/C13H17FO2/c14-12-3-1-2-10(8-12)9-13(15)11-4-6-16-7-5-11/h1-3,8,11,13,15H,4-7,9H2. The van der Waals surface area contributed by atoms with E-state index in [2.05, 4.69) is 0 Å². The Kier molecular flexibility index (Phi) is 3.91. The van der Waals surface area contributed by atoms with Crippen LogP contribution in [0, 0.1) is 11.7 Å². The quantitative estimate of drug-likeness (QED) is 0.852. The predicted octanol–water partition coefficient (Wildman–Crippen LogP) is 2.16. The maximum atomic E-state index is 13.0. The van der Waals surface area contributed by atoms with Gasteiger partial charge in [0.15, 0.2) is 0 Å². The third-order valence-electron chi connectivity index (χ3n) is 3.14. The molecule has 16 heavy (non-hydrogen) atoms. The first kappa shape index (κ1) is 11.6. The van der Waals surface area contributed by atoms with Crippen LogP contribution >= 0.6 is 0 Å². The van der Waals surface area contributed by atoms with Crippen molar-refractivity contribution >= 4 is 0 Å². The van der Waals surface area contributed by atoms with Gasteiger partial charge in [0.25, 0.3) is 0 Å². The highest BCUT2D eigenvalue weighted by Crippen LogP contribution is 2.21. The minimum atomic E-state index is -0.384. The van der Waals surface area contributed by atoms with Crippen molar-refractivity contribution in [2.45, 2.75) is 25.4 Å². The van der Waals surface area contributed by atoms with Crippen molar-refractivity contribution in [3.8, 4) is 0 Å². The molecule has 0 spiro atoms. The highest BCUT2D eigenvalue weighted by Gasteiger charge is 2.22. The van der Waals surface area contributed by atoms with Crippen LogP contribution in [0.2, 0.25) is 0 Å². The molecule has 1 N–H and O–H groups in total. The Hall–Kier alpha value is -0.930. The third kappa shape index (κ3) is 3.03. The van der Waals surface area contributed by atoms with E-state index in [1.807, 2.05) is 6.07 Å². The summed E-state index contributed by atoms with van der Waals surface area (Å²) in [6, 6.07) is 6.44.